The van der Waals surface area contributed by atoms with Gasteiger partial charge in [-0.05, 0) is 170 Å². The van der Waals surface area contributed by atoms with Crippen molar-refractivity contribution in [3.8, 4) is 66.8 Å². The Morgan fingerprint density at radius 3 is 1.49 bits per heavy atom. The Labute approximate surface area is 389 Å². The largest absolute Gasteiger partial charge is 0.359 e. The summed E-state index contributed by atoms with van der Waals surface area (Å²) in [6, 6.07) is 89.7. The molecule has 0 fully saturated rings. The van der Waals surface area contributed by atoms with Gasteiger partial charge in [-0.1, -0.05) is 188 Å². The molecule has 67 heavy (non-hydrogen) atoms. The zero-order valence-electron chi connectivity index (χ0n) is 36.6. The van der Waals surface area contributed by atoms with Crippen LogP contribution < -0.4 is 10.2 Å². The molecule has 0 bridgehead atoms. The van der Waals surface area contributed by atoms with Crippen molar-refractivity contribution in [1.29, 1.82) is 0 Å². The van der Waals surface area contributed by atoms with Crippen molar-refractivity contribution < 1.29 is 0 Å². The molecule has 0 aromatic heterocycles. The van der Waals surface area contributed by atoms with Crippen molar-refractivity contribution in [2.24, 2.45) is 0 Å². The lowest BCUT2D eigenvalue weighted by Gasteiger charge is -2.27. The topological polar surface area (TPSA) is 15.3 Å². The minimum atomic E-state index is 0.00548. The standard InChI is InChI=1S/C65H42N2/c1-5-16-41(17-6-1)46-30-33-49-55(36-46)53(42-18-7-2-8-19-42)38-60-56(49)37-54(43-20-9-3-10-21-43)59-39-57-51-25-15-24-50-48(34-35-52(64(50)51)58(57)40-61(59)60)44-28-31-47(32-29-44)67-63-27-14-13-26-62(63)66-65(67)45-22-11-4-12-23-45/h1-40,65-66H. The van der Waals surface area contributed by atoms with Gasteiger partial charge in [0.1, 0.15) is 6.17 Å². The van der Waals surface area contributed by atoms with Gasteiger partial charge in [-0.15, -0.1) is 0 Å². The number of hydrogen-bond donors (Lipinski definition) is 1. The van der Waals surface area contributed by atoms with Crippen LogP contribution in [-0.2, 0) is 0 Å². The van der Waals surface area contributed by atoms with E-state index in [1.54, 1.807) is 0 Å². The number of anilines is 3. The second kappa shape index (κ2) is 14.9. The van der Waals surface area contributed by atoms with Crippen LogP contribution >= 0.6 is 0 Å². The van der Waals surface area contributed by atoms with Gasteiger partial charge in [0.15, 0.2) is 0 Å². The molecule has 0 saturated heterocycles. The van der Waals surface area contributed by atoms with Gasteiger partial charge in [0, 0.05) is 5.69 Å². The number of fused-ring (bicyclic) bond motifs is 9. The Bertz CT molecular complexity index is 3920. The molecule has 2 heteroatoms. The first-order valence-corrected chi connectivity index (χ1v) is 23.3. The Morgan fingerprint density at radius 2 is 0.791 bits per heavy atom. The maximum absolute atomic E-state index is 3.78. The van der Waals surface area contributed by atoms with Crippen LogP contribution in [0.1, 0.15) is 11.7 Å². The SMILES string of the molecule is c1ccc(-c2ccc3c(c2)c(-c2ccccc2)cc2c4cc5c(cc4c(-c4ccccc4)cc32)-c2cccc3c(-c4ccc(N6c7ccccc7NC6c6ccccc6)cc4)ccc-5c23)cc1. The normalized spacial score (nSPS) is 13.6. The Hall–Kier alpha value is -8.72. The van der Waals surface area contributed by atoms with E-state index in [0.717, 1.165) is 11.4 Å². The highest BCUT2D eigenvalue weighted by molar-refractivity contribution is 6.27. The van der Waals surface area contributed by atoms with Crippen molar-refractivity contribution in [2.45, 2.75) is 6.17 Å². The highest BCUT2D eigenvalue weighted by atomic mass is 15.3. The minimum absolute atomic E-state index is 0.00548. The molecular weight excluding hydrogens is 809 g/mol. The molecule has 0 amide bonds. The summed E-state index contributed by atoms with van der Waals surface area (Å²) in [5, 5.41) is 14.0. The minimum Gasteiger partial charge on any atom is -0.359 e. The Balaban J connectivity index is 0.950. The molecule has 1 unspecified atom stereocenters. The van der Waals surface area contributed by atoms with E-state index in [4.69, 9.17) is 0 Å². The van der Waals surface area contributed by atoms with E-state index in [1.807, 2.05) is 0 Å². The van der Waals surface area contributed by atoms with Gasteiger partial charge in [0.25, 0.3) is 0 Å². The molecule has 14 rings (SSSR count). The summed E-state index contributed by atoms with van der Waals surface area (Å²) in [7, 11) is 0. The lowest BCUT2D eigenvalue weighted by Crippen LogP contribution is -2.23. The smallest absolute Gasteiger partial charge is 0.130 e. The molecule has 1 aliphatic heterocycles. The first-order valence-electron chi connectivity index (χ1n) is 23.3. The van der Waals surface area contributed by atoms with Gasteiger partial charge in [-0.3, -0.25) is 0 Å². The van der Waals surface area contributed by atoms with Crippen molar-refractivity contribution in [2.75, 3.05) is 10.2 Å². The van der Waals surface area contributed by atoms with Crippen molar-refractivity contribution in [3.63, 3.8) is 0 Å². The van der Waals surface area contributed by atoms with Gasteiger partial charge in [-0.2, -0.15) is 0 Å². The highest BCUT2D eigenvalue weighted by Crippen LogP contribution is 2.53. The van der Waals surface area contributed by atoms with Crippen LogP contribution in [0.4, 0.5) is 17.1 Å². The van der Waals surface area contributed by atoms with Crippen molar-refractivity contribution >= 4 is 60.2 Å². The fourth-order valence-corrected chi connectivity index (χ4v) is 11.3. The van der Waals surface area contributed by atoms with Gasteiger partial charge >= 0.3 is 0 Å². The first-order chi connectivity index (χ1) is 33.2. The summed E-state index contributed by atoms with van der Waals surface area (Å²) in [6.45, 7) is 0. The molecule has 12 aromatic carbocycles. The predicted molar refractivity (Wildman–Crippen MR) is 284 cm³/mol. The van der Waals surface area contributed by atoms with Crippen molar-refractivity contribution in [3.05, 3.63) is 248 Å². The number of para-hydroxylation sites is 2. The molecule has 0 saturated carbocycles. The van der Waals surface area contributed by atoms with Crippen LogP contribution in [0.5, 0.6) is 0 Å². The fourth-order valence-electron chi connectivity index (χ4n) is 11.3. The monoisotopic (exact) mass is 850 g/mol. The van der Waals surface area contributed by atoms with E-state index in [1.165, 1.54) is 121 Å². The first kappa shape index (κ1) is 37.6. The molecule has 312 valence electrons. The summed E-state index contributed by atoms with van der Waals surface area (Å²) in [4.78, 5) is 2.42. The molecule has 1 atom stereocenters. The summed E-state index contributed by atoms with van der Waals surface area (Å²) in [6.07, 6.45) is 0.00548. The molecule has 1 N–H and O–H groups in total. The van der Waals surface area contributed by atoms with E-state index in [9.17, 15) is 0 Å². The predicted octanol–water partition coefficient (Wildman–Crippen LogP) is 17.9. The van der Waals surface area contributed by atoms with Crippen LogP contribution in [0.15, 0.2) is 243 Å². The molecule has 0 radical (unpaired) electrons. The zero-order chi connectivity index (χ0) is 44.0. The van der Waals surface area contributed by atoms with Crippen LogP contribution in [0.3, 0.4) is 0 Å². The Morgan fingerprint density at radius 1 is 0.284 bits per heavy atom. The molecule has 1 heterocycles. The maximum Gasteiger partial charge on any atom is 0.130 e. The van der Waals surface area contributed by atoms with E-state index in [-0.39, 0.29) is 6.17 Å². The van der Waals surface area contributed by atoms with E-state index >= 15 is 0 Å². The molecule has 12 aromatic rings. The average Bonchev–Trinajstić information content (AvgIpc) is 3.95. The van der Waals surface area contributed by atoms with E-state index in [2.05, 4.69) is 253 Å². The average molecular weight is 851 g/mol. The van der Waals surface area contributed by atoms with Crippen LogP contribution in [0.25, 0.3) is 110 Å². The second-order valence-electron chi connectivity index (χ2n) is 18.0. The molecule has 0 spiro atoms. The molecular formula is C65H42N2. The van der Waals surface area contributed by atoms with Gasteiger partial charge in [0.05, 0.1) is 11.4 Å². The number of rotatable bonds is 6. The van der Waals surface area contributed by atoms with Gasteiger partial charge < -0.3 is 10.2 Å². The Kier molecular flexibility index (Phi) is 8.38. The van der Waals surface area contributed by atoms with Crippen LogP contribution in [0.2, 0.25) is 0 Å². The third kappa shape index (κ3) is 5.90. The second-order valence-corrected chi connectivity index (χ2v) is 18.0. The quantitative estimate of drug-likeness (QED) is 0.168. The summed E-state index contributed by atoms with van der Waals surface area (Å²) in [5.41, 5.74) is 19.7. The van der Waals surface area contributed by atoms with E-state index in [0.29, 0.717) is 0 Å². The number of nitrogens with one attached hydrogen (secondary N) is 1. The fraction of sp³-hybridized carbons (Fsp3) is 0.0154. The summed E-state index contributed by atoms with van der Waals surface area (Å²) in [5.74, 6) is 0. The number of benzene rings is 12. The molecule has 2 nitrogen and oxygen atoms in total. The lowest BCUT2D eigenvalue weighted by molar-refractivity contribution is 0.828. The van der Waals surface area contributed by atoms with Gasteiger partial charge in [-0.25, -0.2) is 0 Å². The maximum atomic E-state index is 3.78. The number of nitrogens with zero attached hydrogens (tertiary/aromatic N) is 1. The number of hydrogen-bond acceptors (Lipinski definition) is 2. The molecule has 2 aliphatic rings. The third-order valence-corrected chi connectivity index (χ3v) is 14.4. The molecule has 1 aliphatic carbocycles. The van der Waals surface area contributed by atoms with Gasteiger partial charge in [0.2, 0.25) is 0 Å². The lowest BCUT2D eigenvalue weighted by atomic mass is 9.85. The van der Waals surface area contributed by atoms with E-state index < -0.39 is 0 Å². The highest BCUT2D eigenvalue weighted by Gasteiger charge is 2.31. The zero-order valence-corrected chi connectivity index (χ0v) is 36.6. The van der Waals surface area contributed by atoms with Crippen LogP contribution in [-0.4, -0.2) is 0 Å². The summed E-state index contributed by atoms with van der Waals surface area (Å²) >= 11 is 0. The summed E-state index contributed by atoms with van der Waals surface area (Å²) < 4.78 is 0. The third-order valence-electron chi connectivity index (χ3n) is 14.4. The van der Waals surface area contributed by atoms with Crippen LogP contribution in [0, 0.1) is 0 Å². The van der Waals surface area contributed by atoms with Crippen molar-refractivity contribution in [1.82, 2.24) is 0 Å².